The fourth-order valence-electron chi connectivity index (χ4n) is 3.57. The Morgan fingerprint density at radius 1 is 0.880 bits per heavy atom. The maximum Gasteiger partial charge on any atom is 0.0959 e. The minimum atomic E-state index is -0.388. The number of para-hydroxylation sites is 3. The maximum absolute atomic E-state index is 10.5. The zero-order chi connectivity index (χ0) is 17.1. The van der Waals surface area contributed by atoms with Gasteiger partial charge in [-0.05, 0) is 24.3 Å². The van der Waals surface area contributed by atoms with E-state index in [4.69, 9.17) is 0 Å². The highest BCUT2D eigenvalue weighted by molar-refractivity contribution is 5.74. The molecule has 1 fully saturated rings. The fraction of sp³-hybridized carbons (Fsp3) is 0.350. The van der Waals surface area contributed by atoms with Gasteiger partial charge >= 0.3 is 0 Å². The Morgan fingerprint density at radius 3 is 2.40 bits per heavy atom. The zero-order valence-corrected chi connectivity index (χ0v) is 14.3. The van der Waals surface area contributed by atoms with Gasteiger partial charge in [0, 0.05) is 38.4 Å². The second-order valence-electron chi connectivity index (χ2n) is 6.66. The molecule has 0 saturated carbocycles. The topological polar surface area (TPSA) is 44.5 Å². The molecule has 4 rings (SSSR count). The highest BCUT2D eigenvalue weighted by atomic mass is 16.3. The van der Waals surface area contributed by atoms with Crippen LogP contribution in [0.15, 0.2) is 60.9 Å². The van der Waals surface area contributed by atoms with Crippen LogP contribution < -0.4 is 4.90 Å². The normalized spacial score (nSPS) is 17.1. The summed E-state index contributed by atoms with van der Waals surface area (Å²) in [5.41, 5.74) is 3.34. The van der Waals surface area contributed by atoms with Gasteiger partial charge in [0.05, 0.1) is 30.0 Å². The average molecular weight is 336 g/mol. The van der Waals surface area contributed by atoms with Crippen LogP contribution in [-0.2, 0) is 6.54 Å². The van der Waals surface area contributed by atoms with E-state index in [0.29, 0.717) is 13.1 Å². The summed E-state index contributed by atoms with van der Waals surface area (Å²) in [6, 6.07) is 18.6. The van der Waals surface area contributed by atoms with Crippen molar-refractivity contribution in [3.8, 4) is 0 Å². The monoisotopic (exact) mass is 336 g/mol. The Bertz CT molecular complexity index is 809. The highest BCUT2D eigenvalue weighted by Gasteiger charge is 2.19. The molecule has 2 heterocycles. The van der Waals surface area contributed by atoms with E-state index in [2.05, 4.69) is 45.1 Å². The van der Waals surface area contributed by atoms with E-state index < -0.39 is 0 Å². The summed E-state index contributed by atoms with van der Waals surface area (Å²) < 4.78 is 2.04. The van der Waals surface area contributed by atoms with E-state index in [9.17, 15) is 5.11 Å². The van der Waals surface area contributed by atoms with Gasteiger partial charge in [-0.2, -0.15) is 0 Å². The molecule has 0 aliphatic carbocycles. The van der Waals surface area contributed by atoms with Crippen molar-refractivity contribution in [3.63, 3.8) is 0 Å². The molecule has 0 bridgehead atoms. The summed E-state index contributed by atoms with van der Waals surface area (Å²) in [6.45, 7) is 5.26. The number of hydrogen-bond acceptors (Lipinski definition) is 4. The summed E-state index contributed by atoms with van der Waals surface area (Å²) in [5.74, 6) is 0. The average Bonchev–Trinajstić information content (AvgIpc) is 3.06. The summed E-state index contributed by atoms with van der Waals surface area (Å²) in [5, 5.41) is 10.5. The van der Waals surface area contributed by atoms with E-state index in [1.165, 1.54) is 5.69 Å². The minimum Gasteiger partial charge on any atom is -0.390 e. The maximum atomic E-state index is 10.5. The van der Waals surface area contributed by atoms with E-state index >= 15 is 0 Å². The second kappa shape index (κ2) is 7.25. The zero-order valence-electron chi connectivity index (χ0n) is 14.3. The van der Waals surface area contributed by atoms with Crippen molar-refractivity contribution in [2.45, 2.75) is 12.6 Å². The first kappa shape index (κ1) is 16.1. The molecule has 3 aromatic rings. The third-order valence-corrected chi connectivity index (χ3v) is 4.90. The predicted octanol–water partition coefficient (Wildman–Crippen LogP) is 2.22. The van der Waals surface area contributed by atoms with E-state index in [-0.39, 0.29) is 6.10 Å². The number of aromatic nitrogens is 2. The first-order valence-electron chi connectivity index (χ1n) is 8.90. The number of aliphatic hydroxyl groups is 1. The molecule has 1 saturated heterocycles. The molecule has 5 heteroatoms. The number of imidazole rings is 1. The highest BCUT2D eigenvalue weighted by Crippen LogP contribution is 2.16. The molecule has 1 unspecified atom stereocenters. The lowest BCUT2D eigenvalue weighted by atomic mass is 10.2. The smallest absolute Gasteiger partial charge is 0.0959 e. The Morgan fingerprint density at radius 2 is 1.60 bits per heavy atom. The Kier molecular flexibility index (Phi) is 4.68. The molecule has 130 valence electrons. The van der Waals surface area contributed by atoms with Gasteiger partial charge in [0.15, 0.2) is 0 Å². The minimum absolute atomic E-state index is 0.388. The molecule has 25 heavy (non-hydrogen) atoms. The predicted molar refractivity (Wildman–Crippen MR) is 101 cm³/mol. The number of piperazine rings is 1. The number of rotatable bonds is 5. The third kappa shape index (κ3) is 3.67. The van der Waals surface area contributed by atoms with Crippen LogP contribution in [0.4, 0.5) is 5.69 Å². The molecule has 0 amide bonds. The summed E-state index contributed by atoms with van der Waals surface area (Å²) in [4.78, 5) is 9.15. The number of anilines is 1. The number of nitrogens with zero attached hydrogens (tertiary/aromatic N) is 4. The van der Waals surface area contributed by atoms with Crippen LogP contribution in [-0.4, -0.2) is 58.4 Å². The van der Waals surface area contributed by atoms with Crippen LogP contribution in [0.2, 0.25) is 0 Å². The molecule has 1 atom stereocenters. The van der Waals surface area contributed by atoms with E-state index in [1.807, 2.05) is 35.2 Å². The second-order valence-corrected chi connectivity index (χ2v) is 6.66. The van der Waals surface area contributed by atoms with E-state index in [1.54, 1.807) is 0 Å². The van der Waals surface area contributed by atoms with Crippen LogP contribution >= 0.6 is 0 Å². The molecule has 1 aromatic heterocycles. The lowest BCUT2D eigenvalue weighted by Crippen LogP contribution is -2.49. The molecule has 1 aliphatic heterocycles. The quantitative estimate of drug-likeness (QED) is 0.776. The van der Waals surface area contributed by atoms with Crippen LogP contribution in [0.5, 0.6) is 0 Å². The van der Waals surface area contributed by atoms with Gasteiger partial charge < -0.3 is 14.6 Å². The first-order chi connectivity index (χ1) is 12.3. The van der Waals surface area contributed by atoms with Gasteiger partial charge in [0.2, 0.25) is 0 Å². The van der Waals surface area contributed by atoms with Gasteiger partial charge in [-0.25, -0.2) is 4.98 Å². The van der Waals surface area contributed by atoms with Crippen LogP contribution in [0, 0.1) is 0 Å². The molecule has 5 nitrogen and oxygen atoms in total. The van der Waals surface area contributed by atoms with Crippen LogP contribution in [0.3, 0.4) is 0 Å². The molecular formula is C20H24N4O. The number of aliphatic hydroxyl groups excluding tert-OH is 1. The fourth-order valence-corrected chi connectivity index (χ4v) is 3.57. The molecule has 1 N–H and O–H groups in total. The number of β-amino-alcohol motifs (C(OH)–C–C–N with tert-alkyl or cyclic N) is 1. The van der Waals surface area contributed by atoms with Gasteiger partial charge in [0.1, 0.15) is 0 Å². The summed E-state index contributed by atoms with van der Waals surface area (Å²) in [7, 11) is 0. The number of hydrogen-bond donors (Lipinski definition) is 1. The molecule has 1 aliphatic rings. The first-order valence-corrected chi connectivity index (χ1v) is 8.90. The molecular weight excluding hydrogens is 312 g/mol. The Hall–Kier alpha value is -2.37. The third-order valence-electron chi connectivity index (χ3n) is 4.90. The van der Waals surface area contributed by atoms with E-state index in [0.717, 1.165) is 37.2 Å². The Labute approximate surface area is 148 Å². The standard InChI is InChI=1S/C20H24N4O/c25-18(15-24-16-21-19-8-4-5-9-20(19)24)14-22-10-12-23(13-11-22)17-6-2-1-3-7-17/h1-9,16,18,25H,10-15H2. The van der Waals surface area contributed by atoms with Gasteiger partial charge in [-0.3, -0.25) is 4.90 Å². The largest absolute Gasteiger partial charge is 0.390 e. The lowest BCUT2D eigenvalue weighted by Gasteiger charge is -2.37. The van der Waals surface area contributed by atoms with Gasteiger partial charge in [0.25, 0.3) is 0 Å². The van der Waals surface area contributed by atoms with Crippen LogP contribution in [0.25, 0.3) is 11.0 Å². The SMILES string of the molecule is OC(CN1CCN(c2ccccc2)CC1)Cn1cnc2ccccc21. The van der Waals surface area contributed by atoms with Gasteiger partial charge in [-0.1, -0.05) is 30.3 Å². The van der Waals surface area contributed by atoms with Crippen molar-refractivity contribution in [1.82, 2.24) is 14.5 Å². The number of fused-ring (bicyclic) bond motifs is 1. The summed E-state index contributed by atoms with van der Waals surface area (Å²) in [6.07, 6.45) is 1.43. The molecule has 0 spiro atoms. The van der Waals surface area contributed by atoms with Crippen molar-refractivity contribution < 1.29 is 5.11 Å². The van der Waals surface area contributed by atoms with Crippen molar-refractivity contribution in [3.05, 3.63) is 60.9 Å². The molecule has 0 radical (unpaired) electrons. The van der Waals surface area contributed by atoms with Crippen molar-refractivity contribution in [2.24, 2.45) is 0 Å². The number of benzene rings is 2. The van der Waals surface area contributed by atoms with Gasteiger partial charge in [-0.15, -0.1) is 0 Å². The van der Waals surface area contributed by atoms with Crippen molar-refractivity contribution in [2.75, 3.05) is 37.6 Å². The van der Waals surface area contributed by atoms with Crippen molar-refractivity contribution in [1.29, 1.82) is 0 Å². The lowest BCUT2D eigenvalue weighted by molar-refractivity contribution is 0.0959. The molecule has 2 aromatic carbocycles. The summed E-state index contributed by atoms with van der Waals surface area (Å²) >= 11 is 0. The van der Waals surface area contributed by atoms with Crippen molar-refractivity contribution >= 4 is 16.7 Å². The van der Waals surface area contributed by atoms with Crippen LogP contribution in [0.1, 0.15) is 0 Å². The Balaban J connectivity index is 1.31.